The zero-order valence-electron chi connectivity index (χ0n) is 66.1. The number of ether oxygens (including phenoxy) is 16. The number of hydrogen-bond acceptors (Lipinski definition) is 40. The first kappa shape index (κ1) is 91.4. The molecule has 8 heterocycles. The van der Waals surface area contributed by atoms with Crippen LogP contribution in [-0.4, -0.2) is 409 Å². The quantitative estimate of drug-likeness (QED) is 0.0288. The number of aliphatic hydroxyl groups is 23. The number of rotatable bonds is 21. The summed E-state index contributed by atoms with van der Waals surface area (Å²) in [5.41, 5.74) is -2.62. The monoisotopic (exact) mass is 1680 g/mol. The number of allylic oxidation sites excluding steroid dienone is 2. The third kappa shape index (κ3) is 16.2. The fraction of sp³-hybridized carbons (Fsp3) is 0.961. The van der Waals surface area contributed by atoms with Crippen LogP contribution >= 0.6 is 0 Å². The van der Waals surface area contributed by atoms with Crippen LogP contribution in [0.3, 0.4) is 0 Å². The summed E-state index contributed by atoms with van der Waals surface area (Å²) in [5.74, 6) is -1.22. The molecule has 23 N–H and O–H groups in total. The Morgan fingerprint density at radius 3 is 1.56 bits per heavy atom. The molecule has 116 heavy (non-hydrogen) atoms. The second-order valence-corrected chi connectivity index (χ2v) is 36.5. The fourth-order valence-corrected chi connectivity index (χ4v) is 21.7. The molecule has 0 bridgehead atoms. The average molecular weight is 1680 g/mol. The van der Waals surface area contributed by atoms with Crippen molar-refractivity contribution in [3.05, 3.63) is 11.6 Å². The molecular weight excluding hydrogens is 1550 g/mol. The first-order valence-electron chi connectivity index (χ1n) is 40.6. The van der Waals surface area contributed by atoms with Crippen molar-refractivity contribution >= 4 is 5.97 Å². The SMILES string of the molecule is C[C@@H]1O[C@@H](O[C@@H]2[C@@H](O)[C@H](O[C@@H]3[C@@H](O)[C@H](C)O[C@@H](O[C@H]4[C@H](O[C@H]5CC[C@@]6(C)[C@H](CC[C@]7(C)[C@@H]6CC=C6[C@@H]8CC(C)(C)CC[C@]8(C(=O)O[C@@H]8O[C@H](CO[C@@H]9O[C@H](CO)[C@@H](O)[C@H](O)[C@H]9O)[C@@H](O)[C@H](O)[C@H]8O)CC[C@]67C)[C@]5(C)CO)OC[C@H](O)[C@@H]4O)[C@@H]3O)O[C@H](CO)[C@H]2O[C@@H]2O[C@H](CO)[C@@H](O[C@@H]3OC[C@@H](O)[C@H](O)[C@H]3O)[C@H](O)[C@H]2O)[C@H](O)[C@H](O)[C@H]1O. The summed E-state index contributed by atoms with van der Waals surface area (Å²) in [5, 5.41) is 254. The molecule has 13 aliphatic rings. The first-order chi connectivity index (χ1) is 54.6. The molecule has 8 aliphatic heterocycles. The van der Waals surface area contributed by atoms with Crippen molar-refractivity contribution in [1.29, 1.82) is 0 Å². The third-order valence-electron chi connectivity index (χ3n) is 29.1. The van der Waals surface area contributed by atoms with Gasteiger partial charge in [-0.25, -0.2) is 0 Å². The van der Waals surface area contributed by atoms with Crippen LogP contribution in [-0.2, 0) is 80.6 Å². The van der Waals surface area contributed by atoms with Gasteiger partial charge < -0.3 is 193 Å². The van der Waals surface area contributed by atoms with Gasteiger partial charge in [-0.1, -0.05) is 53.2 Å². The molecule has 5 aliphatic carbocycles. The van der Waals surface area contributed by atoms with E-state index in [4.69, 9.17) is 75.8 Å². The molecule has 8 saturated heterocycles. The molecular formula is C76H124O40. The molecule has 0 spiro atoms. The summed E-state index contributed by atoms with van der Waals surface area (Å²) in [4.78, 5) is 15.3. The predicted octanol–water partition coefficient (Wildman–Crippen LogP) is -8.43. The third-order valence-corrected chi connectivity index (χ3v) is 29.1. The van der Waals surface area contributed by atoms with Crippen molar-refractivity contribution in [3.63, 3.8) is 0 Å². The molecule has 13 rings (SSSR count). The van der Waals surface area contributed by atoms with E-state index in [-0.39, 0.29) is 29.8 Å². The number of fused-ring (bicyclic) bond motifs is 7. The van der Waals surface area contributed by atoms with E-state index in [1.165, 1.54) is 13.8 Å². The topological polar surface area (TPSA) is 630 Å². The molecule has 0 aromatic heterocycles. The van der Waals surface area contributed by atoms with Crippen molar-refractivity contribution in [2.24, 2.45) is 50.2 Å². The molecule has 0 radical (unpaired) electrons. The second-order valence-electron chi connectivity index (χ2n) is 36.5. The lowest BCUT2D eigenvalue weighted by Crippen LogP contribution is -2.69. The Morgan fingerprint density at radius 1 is 0.414 bits per heavy atom. The van der Waals surface area contributed by atoms with Gasteiger partial charge in [-0.05, 0) is 117 Å². The minimum absolute atomic E-state index is 0.00362. The highest BCUT2D eigenvalue weighted by molar-refractivity contribution is 5.79. The standard InChI is InChI=1S/C76H124O40/c1-27-40(83)46(89)52(95)64(104-27)114-60-56(99)68(108-35(22-79)58(60)112-65-54(97)49(92)57(34(21-78)107-65)111-63-50(93)42(85)31(81)23-101-63)113-59-41(84)28(2)105-67(55(59)98)115-61-43(86)32(82)24-102-69(61)110-39-12-13-72(5)37(73(39,6)26-80)11-14-75(8)38(72)10-9-29-30-19-71(3,4)15-17-76(30,18-16-74(29,75)7)70(100)116-66-53(96)48(91)45(88)36(109-66)25-103-62-51(94)47(90)44(87)33(20-77)106-62/h9,27-28,30-69,77-99H,10-26H2,1-8H3/t27-,28-,30-,31+,32-,33+,34+,35+,36+,37-,38+,39-,40-,41-,42-,43-,44+,45+,46+,47-,48-,49+,50+,51+,52+,53+,54+,55+,56+,57+,58+,59+,60+,61+,62+,63-,64-,65-,66-,67-,68-,69-,72-,73-,74+,75+,76-/m0/s1. The largest absolute Gasteiger partial charge is 0.432 e. The zero-order valence-corrected chi connectivity index (χ0v) is 66.1. The van der Waals surface area contributed by atoms with Gasteiger partial charge in [0.2, 0.25) is 6.29 Å². The summed E-state index contributed by atoms with van der Waals surface area (Å²) in [6, 6.07) is 0. The molecule has 47 atom stereocenters. The van der Waals surface area contributed by atoms with Crippen LogP contribution in [0.15, 0.2) is 11.6 Å². The van der Waals surface area contributed by atoms with Gasteiger partial charge in [-0.2, -0.15) is 0 Å². The molecule has 668 valence electrons. The number of aliphatic hydroxyl groups excluding tert-OH is 23. The molecule has 0 unspecified atom stereocenters. The summed E-state index contributed by atoms with van der Waals surface area (Å²) < 4.78 is 95.9. The van der Waals surface area contributed by atoms with E-state index in [9.17, 15) is 117 Å². The molecule has 0 aromatic carbocycles. The van der Waals surface area contributed by atoms with E-state index >= 15 is 4.79 Å². The van der Waals surface area contributed by atoms with Crippen molar-refractivity contribution in [2.45, 2.75) is 359 Å². The average Bonchev–Trinajstić information content (AvgIpc) is 0.673. The van der Waals surface area contributed by atoms with Gasteiger partial charge in [0, 0.05) is 5.41 Å². The molecule has 40 heteroatoms. The summed E-state index contributed by atoms with van der Waals surface area (Å²) in [7, 11) is 0. The minimum atomic E-state index is -2.25. The van der Waals surface area contributed by atoms with Crippen molar-refractivity contribution in [2.75, 3.05) is 46.2 Å². The highest BCUT2D eigenvalue weighted by Crippen LogP contribution is 2.76. The molecule has 4 saturated carbocycles. The maximum atomic E-state index is 15.3. The Labute approximate surface area is 669 Å². The second kappa shape index (κ2) is 35.3. The van der Waals surface area contributed by atoms with Crippen molar-refractivity contribution < 1.29 is 198 Å². The summed E-state index contributed by atoms with van der Waals surface area (Å²) in [6.45, 7) is 11.0. The van der Waals surface area contributed by atoms with Gasteiger partial charge in [0.1, 0.15) is 171 Å². The van der Waals surface area contributed by atoms with Crippen molar-refractivity contribution in [1.82, 2.24) is 0 Å². The van der Waals surface area contributed by atoms with Crippen LogP contribution < -0.4 is 0 Å². The number of carbonyl (C=O) groups is 1. The van der Waals surface area contributed by atoms with Crippen molar-refractivity contribution in [3.8, 4) is 0 Å². The van der Waals surface area contributed by atoms with Crippen LogP contribution in [0.1, 0.15) is 120 Å². The molecule has 0 amide bonds. The maximum Gasteiger partial charge on any atom is 0.315 e. The smallest absolute Gasteiger partial charge is 0.315 e. The normalized spacial score (nSPS) is 55.1. The van der Waals surface area contributed by atoms with Crippen LogP contribution in [0.4, 0.5) is 0 Å². The van der Waals surface area contributed by atoms with Crippen LogP contribution in [0.25, 0.3) is 0 Å². The fourth-order valence-electron chi connectivity index (χ4n) is 21.7. The number of carbonyl (C=O) groups excluding carboxylic acids is 1. The Hall–Kier alpha value is -2.31. The Balaban J connectivity index is 0.696. The van der Waals surface area contributed by atoms with Crippen LogP contribution in [0.5, 0.6) is 0 Å². The van der Waals surface area contributed by atoms with Gasteiger partial charge in [-0.3, -0.25) is 4.79 Å². The Kier molecular flexibility index (Phi) is 27.8. The van der Waals surface area contributed by atoms with Gasteiger partial charge in [0.25, 0.3) is 0 Å². The van der Waals surface area contributed by atoms with E-state index in [1.807, 2.05) is 6.92 Å². The number of hydrogen-bond donors (Lipinski definition) is 23. The van der Waals surface area contributed by atoms with Gasteiger partial charge in [0.15, 0.2) is 44.0 Å². The lowest BCUT2D eigenvalue weighted by atomic mass is 9.33. The predicted molar refractivity (Wildman–Crippen MR) is 380 cm³/mol. The van der Waals surface area contributed by atoms with E-state index in [2.05, 4.69) is 40.7 Å². The van der Waals surface area contributed by atoms with Crippen LogP contribution in [0.2, 0.25) is 0 Å². The zero-order chi connectivity index (χ0) is 84.4. The lowest BCUT2D eigenvalue weighted by molar-refractivity contribution is -0.406. The maximum absolute atomic E-state index is 15.3. The van der Waals surface area contributed by atoms with Crippen LogP contribution in [0, 0.1) is 50.2 Å². The molecule has 40 nitrogen and oxygen atoms in total. The molecule has 0 aromatic rings. The van der Waals surface area contributed by atoms with E-state index < -0.39 is 312 Å². The lowest BCUT2D eigenvalue weighted by Gasteiger charge is -2.71. The van der Waals surface area contributed by atoms with E-state index in [1.54, 1.807) is 0 Å². The molecule has 12 fully saturated rings. The summed E-state index contributed by atoms with van der Waals surface area (Å²) in [6.07, 6.45) is -61.5. The van der Waals surface area contributed by atoms with E-state index in [0.717, 1.165) is 5.57 Å². The van der Waals surface area contributed by atoms with E-state index in [0.29, 0.717) is 64.2 Å². The van der Waals surface area contributed by atoms with Gasteiger partial charge in [-0.15, -0.1) is 0 Å². The highest BCUT2D eigenvalue weighted by Gasteiger charge is 2.71. The highest BCUT2D eigenvalue weighted by atomic mass is 16.8. The first-order valence-corrected chi connectivity index (χ1v) is 40.6. The minimum Gasteiger partial charge on any atom is -0.432 e. The van der Waals surface area contributed by atoms with Gasteiger partial charge >= 0.3 is 5.97 Å². The van der Waals surface area contributed by atoms with Gasteiger partial charge in [0.05, 0.1) is 70.0 Å². The Bertz CT molecular complexity index is 3310. The number of esters is 1. The summed E-state index contributed by atoms with van der Waals surface area (Å²) >= 11 is 0. The Morgan fingerprint density at radius 2 is 0.905 bits per heavy atom.